The summed E-state index contributed by atoms with van der Waals surface area (Å²) >= 11 is 0. The topological polar surface area (TPSA) is 17.8 Å². The molecule has 1 aromatic heterocycles. The molecule has 5 heteroatoms. The predicted molar refractivity (Wildman–Crippen MR) is 80.5 cm³/mol. The van der Waals surface area contributed by atoms with Crippen molar-refractivity contribution in [1.82, 2.24) is 9.55 Å². The zero-order valence-corrected chi connectivity index (χ0v) is 12.1. The molecule has 0 bridgehead atoms. The highest BCUT2D eigenvalue weighted by molar-refractivity contribution is 5.80. The van der Waals surface area contributed by atoms with E-state index in [0.29, 0.717) is 17.9 Å². The summed E-state index contributed by atoms with van der Waals surface area (Å²) in [5.74, 6) is 0.578. The van der Waals surface area contributed by atoms with E-state index in [2.05, 4.69) is 4.98 Å². The third-order valence-corrected chi connectivity index (χ3v) is 3.55. The van der Waals surface area contributed by atoms with Crippen molar-refractivity contribution in [3.8, 4) is 11.4 Å². The highest BCUT2D eigenvalue weighted by Crippen LogP contribution is 2.33. The number of fused-ring (bicyclic) bond motifs is 1. The van der Waals surface area contributed by atoms with Gasteiger partial charge >= 0.3 is 6.18 Å². The second-order valence-corrected chi connectivity index (χ2v) is 5.15. The molecule has 1 heterocycles. The fourth-order valence-corrected chi connectivity index (χ4v) is 2.58. The Morgan fingerprint density at radius 1 is 1.05 bits per heavy atom. The second kappa shape index (κ2) is 5.48. The van der Waals surface area contributed by atoms with Gasteiger partial charge in [0.1, 0.15) is 5.82 Å². The van der Waals surface area contributed by atoms with Crippen LogP contribution in [-0.4, -0.2) is 9.55 Å². The molecule has 2 aromatic carbocycles. The molecule has 0 radical (unpaired) electrons. The van der Waals surface area contributed by atoms with Crippen LogP contribution in [-0.2, 0) is 12.7 Å². The smallest absolute Gasteiger partial charge is 0.324 e. The van der Waals surface area contributed by atoms with Crippen LogP contribution in [0.3, 0.4) is 0 Å². The van der Waals surface area contributed by atoms with E-state index in [1.807, 2.05) is 35.8 Å². The number of benzene rings is 2. The third kappa shape index (κ3) is 2.58. The summed E-state index contributed by atoms with van der Waals surface area (Å²) in [7, 11) is 0. The zero-order valence-electron chi connectivity index (χ0n) is 12.1. The van der Waals surface area contributed by atoms with Crippen LogP contribution >= 0.6 is 0 Å². The molecule has 22 heavy (non-hydrogen) atoms. The first-order valence-corrected chi connectivity index (χ1v) is 7.13. The molecule has 0 unspecified atom stereocenters. The fourth-order valence-electron chi connectivity index (χ4n) is 2.58. The summed E-state index contributed by atoms with van der Waals surface area (Å²) in [5, 5.41) is 0. The van der Waals surface area contributed by atoms with E-state index < -0.39 is 11.7 Å². The lowest BCUT2D eigenvalue weighted by molar-refractivity contribution is -0.137. The first-order valence-electron chi connectivity index (χ1n) is 7.13. The van der Waals surface area contributed by atoms with Crippen molar-refractivity contribution in [2.75, 3.05) is 0 Å². The molecule has 0 amide bonds. The molecule has 114 valence electrons. The van der Waals surface area contributed by atoms with Gasteiger partial charge in [0, 0.05) is 12.1 Å². The van der Waals surface area contributed by atoms with Crippen LogP contribution in [0.4, 0.5) is 13.2 Å². The average Bonchev–Trinajstić information content (AvgIpc) is 2.86. The summed E-state index contributed by atoms with van der Waals surface area (Å²) in [6, 6.07) is 12.9. The summed E-state index contributed by atoms with van der Waals surface area (Å²) in [6.07, 6.45) is -3.47. The minimum absolute atomic E-state index is 0.486. The maximum atomic E-state index is 12.9. The predicted octanol–water partition coefficient (Wildman–Crippen LogP) is 5.13. The number of hydrogen-bond acceptors (Lipinski definition) is 1. The Balaban J connectivity index is 2.19. The van der Waals surface area contributed by atoms with E-state index in [9.17, 15) is 13.2 Å². The van der Waals surface area contributed by atoms with E-state index in [4.69, 9.17) is 0 Å². The van der Waals surface area contributed by atoms with Crippen LogP contribution in [0.5, 0.6) is 0 Å². The van der Waals surface area contributed by atoms with Crippen molar-refractivity contribution in [3.63, 3.8) is 0 Å². The van der Waals surface area contributed by atoms with Gasteiger partial charge in [-0.1, -0.05) is 31.2 Å². The highest BCUT2D eigenvalue weighted by atomic mass is 19.4. The normalized spacial score (nSPS) is 12.0. The van der Waals surface area contributed by atoms with Gasteiger partial charge in [0.15, 0.2) is 0 Å². The number of imidazole rings is 1. The lowest BCUT2D eigenvalue weighted by Crippen LogP contribution is -2.05. The number of halogens is 3. The van der Waals surface area contributed by atoms with Crippen molar-refractivity contribution in [1.29, 1.82) is 0 Å². The SMILES string of the molecule is CCCn1c(-c2cccc(C(F)(F)F)c2)nc2ccccc21. The summed E-state index contributed by atoms with van der Waals surface area (Å²) in [4.78, 5) is 4.52. The molecule has 0 aliphatic carbocycles. The van der Waals surface area contributed by atoms with Crippen molar-refractivity contribution in [3.05, 3.63) is 54.1 Å². The van der Waals surface area contributed by atoms with Gasteiger partial charge in [-0.15, -0.1) is 0 Å². The number of aromatic nitrogens is 2. The number of nitrogens with zero attached hydrogens (tertiary/aromatic N) is 2. The molecule has 3 aromatic rings. The third-order valence-electron chi connectivity index (χ3n) is 3.55. The van der Waals surface area contributed by atoms with E-state index >= 15 is 0 Å². The number of rotatable bonds is 3. The molecule has 0 N–H and O–H groups in total. The largest absolute Gasteiger partial charge is 0.416 e. The summed E-state index contributed by atoms with van der Waals surface area (Å²) < 4.78 is 40.7. The number of hydrogen-bond donors (Lipinski definition) is 0. The second-order valence-electron chi connectivity index (χ2n) is 5.15. The van der Waals surface area contributed by atoms with Crippen molar-refractivity contribution in [2.45, 2.75) is 26.1 Å². The van der Waals surface area contributed by atoms with Crippen LogP contribution in [0.2, 0.25) is 0 Å². The Kier molecular flexibility index (Phi) is 3.64. The first kappa shape index (κ1) is 14.6. The lowest BCUT2D eigenvalue weighted by atomic mass is 10.1. The minimum atomic E-state index is -4.35. The van der Waals surface area contributed by atoms with Gasteiger partial charge in [0.2, 0.25) is 0 Å². The Morgan fingerprint density at radius 3 is 2.55 bits per heavy atom. The van der Waals surface area contributed by atoms with Gasteiger partial charge in [0.05, 0.1) is 16.6 Å². The Labute approximate surface area is 126 Å². The Bertz CT molecular complexity index is 803. The molecule has 0 saturated heterocycles. The van der Waals surface area contributed by atoms with Crippen molar-refractivity contribution >= 4 is 11.0 Å². The molecule has 0 aliphatic heterocycles. The average molecular weight is 304 g/mol. The standard InChI is InChI=1S/C17H15F3N2/c1-2-10-22-15-9-4-3-8-14(15)21-16(22)12-6-5-7-13(11-12)17(18,19)20/h3-9,11H,2,10H2,1H3. The van der Waals surface area contributed by atoms with Crippen LogP contribution in [0, 0.1) is 0 Å². The first-order chi connectivity index (χ1) is 10.5. The Morgan fingerprint density at radius 2 is 1.82 bits per heavy atom. The molecular weight excluding hydrogens is 289 g/mol. The maximum Gasteiger partial charge on any atom is 0.416 e. The number of aryl methyl sites for hydroxylation is 1. The van der Waals surface area contributed by atoms with Crippen LogP contribution in [0.1, 0.15) is 18.9 Å². The van der Waals surface area contributed by atoms with E-state index in [-0.39, 0.29) is 0 Å². The molecule has 0 fully saturated rings. The van der Waals surface area contributed by atoms with Crippen molar-refractivity contribution < 1.29 is 13.2 Å². The Hall–Kier alpha value is -2.30. The van der Waals surface area contributed by atoms with Gasteiger partial charge in [-0.2, -0.15) is 13.2 Å². The molecule has 0 atom stereocenters. The zero-order chi connectivity index (χ0) is 15.7. The molecule has 2 nitrogen and oxygen atoms in total. The summed E-state index contributed by atoms with van der Waals surface area (Å²) in [5.41, 5.74) is 1.57. The molecule has 0 aliphatic rings. The fraction of sp³-hybridized carbons (Fsp3) is 0.235. The molecule has 3 rings (SSSR count). The van der Waals surface area contributed by atoms with Gasteiger partial charge in [-0.05, 0) is 30.7 Å². The quantitative estimate of drug-likeness (QED) is 0.655. The van der Waals surface area contributed by atoms with Crippen LogP contribution in [0.15, 0.2) is 48.5 Å². The lowest BCUT2D eigenvalue weighted by Gasteiger charge is -2.10. The van der Waals surface area contributed by atoms with Gasteiger partial charge in [-0.3, -0.25) is 0 Å². The molecule has 0 saturated carbocycles. The van der Waals surface area contributed by atoms with Crippen molar-refractivity contribution in [2.24, 2.45) is 0 Å². The summed E-state index contributed by atoms with van der Waals surface area (Å²) in [6.45, 7) is 2.75. The molecule has 0 spiro atoms. The molecular formula is C17H15F3N2. The number of alkyl halides is 3. The monoisotopic (exact) mass is 304 g/mol. The maximum absolute atomic E-state index is 12.9. The van der Waals surface area contributed by atoms with E-state index in [0.717, 1.165) is 29.6 Å². The van der Waals surface area contributed by atoms with E-state index in [1.165, 1.54) is 6.07 Å². The van der Waals surface area contributed by atoms with Gasteiger partial charge in [-0.25, -0.2) is 4.98 Å². The van der Waals surface area contributed by atoms with Gasteiger partial charge in [0.25, 0.3) is 0 Å². The van der Waals surface area contributed by atoms with Gasteiger partial charge < -0.3 is 4.57 Å². The highest BCUT2D eigenvalue weighted by Gasteiger charge is 2.30. The van der Waals surface area contributed by atoms with E-state index in [1.54, 1.807) is 6.07 Å². The number of para-hydroxylation sites is 2. The minimum Gasteiger partial charge on any atom is -0.324 e. The van der Waals surface area contributed by atoms with Crippen LogP contribution in [0.25, 0.3) is 22.4 Å². The van der Waals surface area contributed by atoms with Crippen LogP contribution < -0.4 is 0 Å².